The zero-order valence-electron chi connectivity index (χ0n) is 17.9. The Labute approximate surface area is 192 Å². The van der Waals surface area contributed by atoms with Gasteiger partial charge in [-0.25, -0.2) is 14.4 Å². The second-order valence-electron chi connectivity index (χ2n) is 7.05. The maximum Gasteiger partial charge on any atom is 0.286 e. The maximum absolute atomic E-state index is 14.6. The van der Waals surface area contributed by atoms with Gasteiger partial charge in [0.25, 0.3) is 11.5 Å². The summed E-state index contributed by atoms with van der Waals surface area (Å²) in [7, 11) is 0. The Hall–Kier alpha value is -4.86. The van der Waals surface area contributed by atoms with Gasteiger partial charge < -0.3 is 15.4 Å². The third-order valence-corrected chi connectivity index (χ3v) is 4.54. The molecule has 0 fully saturated rings. The van der Waals surface area contributed by atoms with E-state index < -0.39 is 17.3 Å². The van der Waals surface area contributed by atoms with Crippen molar-refractivity contribution in [1.82, 2.24) is 14.5 Å². The van der Waals surface area contributed by atoms with Gasteiger partial charge in [0.2, 0.25) is 5.91 Å². The Kier molecular flexibility index (Phi) is 6.40. The van der Waals surface area contributed by atoms with Crippen molar-refractivity contribution in [2.24, 2.45) is 0 Å². The fourth-order valence-electron chi connectivity index (χ4n) is 3.06. The summed E-state index contributed by atoms with van der Waals surface area (Å²) in [6.45, 7) is 1.34. The summed E-state index contributed by atoms with van der Waals surface area (Å²) < 4.78 is 21.4. The number of hydrogen-bond acceptors (Lipinski definition) is 6. The number of para-hydroxylation sites is 1. The van der Waals surface area contributed by atoms with Crippen LogP contribution in [0, 0.1) is 5.82 Å². The van der Waals surface area contributed by atoms with E-state index in [9.17, 15) is 18.8 Å². The lowest BCUT2D eigenvalue weighted by molar-refractivity contribution is -0.114. The molecule has 2 aromatic heterocycles. The van der Waals surface area contributed by atoms with Crippen molar-refractivity contribution in [3.05, 3.63) is 101 Å². The molecule has 10 heteroatoms. The minimum Gasteiger partial charge on any atom is -0.454 e. The fourth-order valence-corrected chi connectivity index (χ4v) is 3.06. The quantitative estimate of drug-likeness (QED) is 0.454. The molecule has 0 spiro atoms. The first-order valence-electron chi connectivity index (χ1n) is 10.1. The van der Waals surface area contributed by atoms with E-state index in [1.165, 1.54) is 54.3 Å². The molecule has 2 amide bonds. The molecular weight excluding hydrogens is 441 g/mol. The van der Waals surface area contributed by atoms with Crippen LogP contribution in [0.3, 0.4) is 0 Å². The van der Waals surface area contributed by atoms with Gasteiger partial charge in [-0.05, 0) is 30.3 Å². The minimum atomic E-state index is -0.780. The maximum atomic E-state index is 14.6. The number of rotatable bonds is 6. The zero-order chi connectivity index (χ0) is 24.1. The van der Waals surface area contributed by atoms with Gasteiger partial charge in [-0.2, -0.15) is 0 Å². The average molecular weight is 459 g/mol. The molecule has 2 N–H and O–H groups in total. The number of aromatic nitrogens is 3. The van der Waals surface area contributed by atoms with E-state index in [-0.39, 0.29) is 34.6 Å². The molecule has 0 bridgehead atoms. The molecule has 0 aliphatic heterocycles. The van der Waals surface area contributed by atoms with E-state index in [0.29, 0.717) is 5.69 Å². The number of amides is 2. The Bertz CT molecular complexity index is 1420. The number of halogens is 1. The van der Waals surface area contributed by atoms with Crippen molar-refractivity contribution in [3.63, 3.8) is 0 Å². The fraction of sp³-hybridized carbons (Fsp3) is 0.0417. The molecule has 170 valence electrons. The minimum absolute atomic E-state index is 0.109. The van der Waals surface area contributed by atoms with E-state index >= 15 is 0 Å². The summed E-state index contributed by atoms with van der Waals surface area (Å²) in [5.41, 5.74) is -0.261. The molecule has 9 nitrogen and oxygen atoms in total. The standard InChI is InChI=1S/C24H18FN5O4/c1-15(31)28-21-14-18(9-10-26-21)34-20-8-7-16(13-19(20)25)29-23(32)22-24(33)30(12-11-27-22)17-5-3-2-4-6-17/h2-14H,1H3,(H,29,32)(H,26,28,31). The van der Waals surface area contributed by atoms with Gasteiger partial charge in [0.1, 0.15) is 11.6 Å². The molecule has 4 rings (SSSR count). The van der Waals surface area contributed by atoms with Crippen LogP contribution >= 0.6 is 0 Å². The number of hydrogen-bond donors (Lipinski definition) is 2. The highest BCUT2D eigenvalue weighted by molar-refractivity contribution is 6.02. The van der Waals surface area contributed by atoms with Crippen LogP contribution in [0.1, 0.15) is 17.4 Å². The molecule has 0 saturated heterocycles. The first-order valence-corrected chi connectivity index (χ1v) is 10.1. The van der Waals surface area contributed by atoms with Gasteiger partial charge in [0.05, 0.1) is 0 Å². The SMILES string of the molecule is CC(=O)Nc1cc(Oc2ccc(NC(=O)c3nccn(-c4ccccc4)c3=O)cc2F)ccn1. The third kappa shape index (κ3) is 5.13. The topological polar surface area (TPSA) is 115 Å². The predicted octanol–water partition coefficient (Wildman–Crippen LogP) is 3.77. The highest BCUT2D eigenvalue weighted by atomic mass is 19.1. The second-order valence-corrected chi connectivity index (χ2v) is 7.05. The molecule has 0 aliphatic carbocycles. The summed E-state index contributed by atoms with van der Waals surface area (Å²) in [6, 6.07) is 15.5. The number of nitrogens with zero attached hydrogens (tertiary/aromatic N) is 3. The summed E-state index contributed by atoms with van der Waals surface area (Å²) in [5.74, 6) is -1.44. The van der Waals surface area contributed by atoms with Gasteiger partial charge in [0.15, 0.2) is 17.3 Å². The van der Waals surface area contributed by atoms with Crippen molar-refractivity contribution in [2.45, 2.75) is 6.92 Å². The van der Waals surface area contributed by atoms with Gasteiger partial charge in [-0.1, -0.05) is 18.2 Å². The number of carbonyl (C=O) groups excluding carboxylic acids is 2. The lowest BCUT2D eigenvalue weighted by Gasteiger charge is -2.11. The van der Waals surface area contributed by atoms with E-state index in [4.69, 9.17) is 4.74 Å². The van der Waals surface area contributed by atoms with Crippen LogP contribution in [0.5, 0.6) is 11.5 Å². The molecule has 2 aromatic carbocycles. The van der Waals surface area contributed by atoms with Crippen LogP contribution in [0.15, 0.2) is 84.0 Å². The summed E-state index contributed by atoms with van der Waals surface area (Å²) in [4.78, 5) is 44.4. The van der Waals surface area contributed by atoms with Crippen LogP contribution in [0.2, 0.25) is 0 Å². The van der Waals surface area contributed by atoms with Gasteiger partial charge >= 0.3 is 0 Å². The number of carbonyl (C=O) groups is 2. The molecule has 34 heavy (non-hydrogen) atoms. The van der Waals surface area contributed by atoms with Crippen molar-refractivity contribution in [1.29, 1.82) is 0 Å². The molecule has 0 radical (unpaired) electrons. The number of benzene rings is 2. The van der Waals surface area contributed by atoms with Gasteiger partial charge in [0, 0.05) is 49.0 Å². The summed E-state index contributed by atoms with van der Waals surface area (Å²) in [6.07, 6.45) is 4.20. The molecule has 0 aliphatic rings. The lowest BCUT2D eigenvalue weighted by atomic mass is 10.2. The van der Waals surface area contributed by atoms with Crippen molar-refractivity contribution >= 4 is 23.3 Å². The van der Waals surface area contributed by atoms with Crippen LogP contribution in [-0.4, -0.2) is 26.3 Å². The smallest absolute Gasteiger partial charge is 0.286 e. The highest BCUT2D eigenvalue weighted by Gasteiger charge is 2.16. The largest absolute Gasteiger partial charge is 0.454 e. The molecule has 0 atom stereocenters. The Morgan fingerprint density at radius 3 is 2.50 bits per heavy atom. The monoisotopic (exact) mass is 459 g/mol. The summed E-state index contributed by atoms with van der Waals surface area (Å²) >= 11 is 0. The zero-order valence-corrected chi connectivity index (χ0v) is 17.9. The highest BCUT2D eigenvalue weighted by Crippen LogP contribution is 2.27. The van der Waals surface area contributed by atoms with Gasteiger partial charge in [-0.15, -0.1) is 0 Å². The van der Waals surface area contributed by atoms with Crippen LogP contribution < -0.4 is 20.9 Å². The molecule has 0 saturated carbocycles. The number of anilines is 2. The van der Waals surface area contributed by atoms with Crippen LogP contribution in [-0.2, 0) is 4.79 Å². The third-order valence-electron chi connectivity index (χ3n) is 4.54. The average Bonchev–Trinajstić information content (AvgIpc) is 2.81. The predicted molar refractivity (Wildman–Crippen MR) is 123 cm³/mol. The molecule has 0 unspecified atom stereocenters. The van der Waals surface area contributed by atoms with Crippen molar-refractivity contribution in [3.8, 4) is 17.2 Å². The van der Waals surface area contributed by atoms with Crippen molar-refractivity contribution < 1.29 is 18.7 Å². The Morgan fingerprint density at radius 1 is 0.971 bits per heavy atom. The summed E-state index contributed by atoms with van der Waals surface area (Å²) in [5, 5.41) is 4.98. The molecule has 4 aromatic rings. The Balaban J connectivity index is 1.51. The van der Waals surface area contributed by atoms with Crippen molar-refractivity contribution in [2.75, 3.05) is 10.6 Å². The molecular formula is C24H18FN5O4. The first-order chi connectivity index (χ1) is 16.4. The number of ether oxygens (including phenoxy) is 1. The number of nitrogens with one attached hydrogen (secondary N) is 2. The van der Waals surface area contributed by atoms with E-state index in [1.54, 1.807) is 24.3 Å². The van der Waals surface area contributed by atoms with Crippen LogP contribution in [0.25, 0.3) is 5.69 Å². The lowest BCUT2D eigenvalue weighted by Crippen LogP contribution is -2.29. The normalized spacial score (nSPS) is 10.4. The van der Waals surface area contributed by atoms with E-state index in [0.717, 1.165) is 6.07 Å². The first kappa shape index (κ1) is 22.3. The van der Waals surface area contributed by atoms with E-state index in [1.807, 2.05) is 6.07 Å². The second kappa shape index (κ2) is 9.74. The van der Waals surface area contributed by atoms with Crippen LogP contribution in [0.4, 0.5) is 15.9 Å². The number of pyridine rings is 1. The molecule has 2 heterocycles. The van der Waals surface area contributed by atoms with Gasteiger partial charge in [-0.3, -0.25) is 19.0 Å². The van der Waals surface area contributed by atoms with E-state index in [2.05, 4.69) is 20.6 Å². The Morgan fingerprint density at radius 2 is 1.76 bits per heavy atom.